The van der Waals surface area contributed by atoms with Gasteiger partial charge in [0.15, 0.2) is 0 Å². The number of ether oxygens (including phenoxy) is 1. The second-order valence-electron chi connectivity index (χ2n) is 4.03. The number of esters is 1. The summed E-state index contributed by atoms with van der Waals surface area (Å²) in [5.74, 6) is 0.861. The van der Waals surface area contributed by atoms with Crippen LogP contribution >= 0.6 is 0 Å². The largest absolute Gasteiger partial charge is 0.463 e. The molecule has 0 radical (unpaired) electrons. The standard InChI is InChI=1S/C14H16O2/c1-2-16-14(15)9-8-12-10-13(12)11-6-4-3-5-7-11/h3-9,12-13H,2,10H2,1H3. The topological polar surface area (TPSA) is 26.3 Å². The molecule has 0 amide bonds. The van der Waals surface area contributed by atoms with Crippen LogP contribution in [0.2, 0.25) is 0 Å². The van der Waals surface area contributed by atoms with Gasteiger partial charge in [-0.05, 0) is 30.7 Å². The third-order valence-electron chi connectivity index (χ3n) is 2.83. The number of allylic oxidation sites excluding steroid dienone is 1. The molecule has 2 rings (SSSR count). The van der Waals surface area contributed by atoms with Crippen molar-refractivity contribution in [1.29, 1.82) is 0 Å². The molecule has 2 heteroatoms. The number of benzene rings is 1. The Morgan fingerprint density at radius 1 is 1.44 bits per heavy atom. The quantitative estimate of drug-likeness (QED) is 0.571. The molecule has 0 saturated heterocycles. The molecule has 84 valence electrons. The van der Waals surface area contributed by atoms with Gasteiger partial charge in [0.05, 0.1) is 6.61 Å². The number of carbonyl (C=O) groups is 1. The molecular weight excluding hydrogens is 200 g/mol. The number of carbonyl (C=O) groups excluding carboxylic acids is 1. The average molecular weight is 216 g/mol. The highest BCUT2D eigenvalue weighted by molar-refractivity contribution is 5.82. The smallest absolute Gasteiger partial charge is 0.330 e. The molecule has 0 aromatic heterocycles. The zero-order valence-electron chi connectivity index (χ0n) is 9.43. The van der Waals surface area contributed by atoms with Gasteiger partial charge in [-0.15, -0.1) is 0 Å². The Morgan fingerprint density at radius 2 is 2.19 bits per heavy atom. The van der Waals surface area contributed by atoms with Gasteiger partial charge < -0.3 is 4.74 Å². The van der Waals surface area contributed by atoms with Gasteiger partial charge >= 0.3 is 5.97 Å². The summed E-state index contributed by atoms with van der Waals surface area (Å²) in [5.41, 5.74) is 1.36. The number of hydrogen-bond acceptors (Lipinski definition) is 2. The van der Waals surface area contributed by atoms with Crippen molar-refractivity contribution in [2.24, 2.45) is 5.92 Å². The van der Waals surface area contributed by atoms with Crippen LogP contribution in [0.15, 0.2) is 42.5 Å². The van der Waals surface area contributed by atoms with Gasteiger partial charge in [-0.1, -0.05) is 36.4 Å². The van der Waals surface area contributed by atoms with Crippen molar-refractivity contribution in [3.05, 3.63) is 48.0 Å². The van der Waals surface area contributed by atoms with Crippen LogP contribution in [0.25, 0.3) is 0 Å². The van der Waals surface area contributed by atoms with Crippen molar-refractivity contribution in [2.75, 3.05) is 6.61 Å². The minimum Gasteiger partial charge on any atom is -0.463 e. The normalized spacial score (nSPS) is 23.3. The third-order valence-corrected chi connectivity index (χ3v) is 2.83. The third kappa shape index (κ3) is 2.72. The lowest BCUT2D eigenvalue weighted by molar-refractivity contribution is -0.137. The summed E-state index contributed by atoms with van der Waals surface area (Å²) in [6, 6.07) is 10.4. The van der Waals surface area contributed by atoms with E-state index in [4.69, 9.17) is 4.74 Å². The van der Waals surface area contributed by atoms with E-state index in [0.717, 1.165) is 6.42 Å². The first-order valence-electron chi connectivity index (χ1n) is 5.71. The highest BCUT2D eigenvalue weighted by Crippen LogP contribution is 2.48. The molecule has 2 atom stereocenters. The minimum absolute atomic E-state index is 0.235. The maximum Gasteiger partial charge on any atom is 0.330 e. The van der Waals surface area contributed by atoms with Crippen molar-refractivity contribution in [3.8, 4) is 0 Å². The molecule has 1 aliphatic carbocycles. The zero-order valence-corrected chi connectivity index (χ0v) is 9.43. The summed E-state index contributed by atoms with van der Waals surface area (Å²) in [6.07, 6.45) is 4.66. The van der Waals surface area contributed by atoms with Crippen molar-refractivity contribution in [1.82, 2.24) is 0 Å². The monoisotopic (exact) mass is 216 g/mol. The van der Waals surface area contributed by atoms with Crippen molar-refractivity contribution >= 4 is 5.97 Å². The molecule has 0 aliphatic heterocycles. The Balaban J connectivity index is 1.86. The lowest BCUT2D eigenvalue weighted by atomic mass is 10.1. The van der Waals surface area contributed by atoms with Crippen molar-refractivity contribution < 1.29 is 9.53 Å². The van der Waals surface area contributed by atoms with Crippen LogP contribution in [0.4, 0.5) is 0 Å². The van der Waals surface area contributed by atoms with Crippen LogP contribution in [0.3, 0.4) is 0 Å². The van der Waals surface area contributed by atoms with E-state index in [1.165, 1.54) is 5.56 Å². The summed E-state index contributed by atoms with van der Waals surface area (Å²) in [7, 11) is 0. The Bertz CT molecular complexity index is 381. The highest BCUT2D eigenvalue weighted by atomic mass is 16.5. The molecule has 1 aromatic rings. The predicted molar refractivity (Wildman–Crippen MR) is 63.1 cm³/mol. The lowest BCUT2D eigenvalue weighted by Crippen LogP contribution is -1.98. The lowest BCUT2D eigenvalue weighted by Gasteiger charge is -1.96. The second-order valence-corrected chi connectivity index (χ2v) is 4.03. The molecule has 0 bridgehead atoms. The van der Waals surface area contributed by atoms with Crippen LogP contribution in [-0.4, -0.2) is 12.6 Å². The SMILES string of the molecule is CCOC(=O)C=CC1CC1c1ccccc1. The fourth-order valence-corrected chi connectivity index (χ4v) is 1.90. The Labute approximate surface area is 95.9 Å². The molecule has 2 nitrogen and oxygen atoms in total. The molecule has 1 aliphatic rings. The minimum atomic E-state index is -0.235. The van der Waals surface area contributed by atoms with Gasteiger partial charge in [0.2, 0.25) is 0 Å². The summed E-state index contributed by atoms with van der Waals surface area (Å²) in [4.78, 5) is 11.1. The summed E-state index contributed by atoms with van der Waals surface area (Å²) in [5, 5.41) is 0. The van der Waals surface area contributed by atoms with E-state index in [1.54, 1.807) is 6.08 Å². The van der Waals surface area contributed by atoms with Gasteiger partial charge in [0.1, 0.15) is 0 Å². The fourth-order valence-electron chi connectivity index (χ4n) is 1.90. The Kier molecular flexibility index (Phi) is 3.40. The van der Waals surface area contributed by atoms with E-state index >= 15 is 0 Å². The van der Waals surface area contributed by atoms with Gasteiger partial charge in [-0.2, -0.15) is 0 Å². The van der Waals surface area contributed by atoms with E-state index in [2.05, 4.69) is 24.3 Å². The molecule has 0 heterocycles. The summed E-state index contributed by atoms with van der Waals surface area (Å²) < 4.78 is 4.84. The molecular formula is C14H16O2. The van der Waals surface area contributed by atoms with Crippen LogP contribution in [0, 0.1) is 5.92 Å². The molecule has 0 spiro atoms. The molecule has 1 saturated carbocycles. The maximum atomic E-state index is 11.1. The van der Waals surface area contributed by atoms with Gasteiger partial charge in [0.25, 0.3) is 0 Å². The zero-order chi connectivity index (χ0) is 11.4. The Hall–Kier alpha value is -1.57. The predicted octanol–water partition coefficient (Wildman–Crippen LogP) is 2.91. The maximum absolute atomic E-state index is 11.1. The van der Waals surface area contributed by atoms with Crippen LogP contribution < -0.4 is 0 Å². The molecule has 16 heavy (non-hydrogen) atoms. The second kappa shape index (κ2) is 4.97. The molecule has 1 fully saturated rings. The van der Waals surface area contributed by atoms with E-state index in [0.29, 0.717) is 18.4 Å². The highest BCUT2D eigenvalue weighted by Gasteiger charge is 2.35. The van der Waals surface area contributed by atoms with Crippen LogP contribution in [-0.2, 0) is 9.53 Å². The van der Waals surface area contributed by atoms with Crippen LogP contribution in [0.5, 0.6) is 0 Å². The number of rotatable bonds is 4. The van der Waals surface area contributed by atoms with Crippen LogP contribution in [0.1, 0.15) is 24.8 Å². The summed E-state index contributed by atoms with van der Waals surface area (Å²) in [6.45, 7) is 2.26. The Morgan fingerprint density at radius 3 is 2.88 bits per heavy atom. The van der Waals surface area contributed by atoms with E-state index < -0.39 is 0 Å². The molecule has 1 aromatic carbocycles. The van der Waals surface area contributed by atoms with E-state index in [9.17, 15) is 4.79 Å². The van der Waals surface area contributed by atoms with Gasteiger partial charge in [-0.3, -0.25) is 0 Å². The summed E-state index contributed by atoms with van der Waals surface area (Å²) >= 11 is 0. The average Bonchev–Trinajstić information content (AvgIpc) is 3.07. The first-order chi connectivity index (χ1) is 7.81. The number of hydrogen-bond donors (Lipinski definition) is 0. The molecule has 0 N–H and O–H groups in total. The fraction of sp³-hybridized carbons (Fsp3) is 0.357. The first kappa shape index (κ1) is 10.9. The van der Waals surface area contributed by atoms with Crippen molar-refractivity contribution in [3.63, 3.8) is 0 Å². The van der Waals surface area contributed by atoms with E-state index in [1.807, 2.05) is 19.1 Å². The van der Waals surface area contributed by atoms with Gasteiger partial charge in [-0.25, -0.2) is 4.79 Å². The first-order valence-corrected chi connectivity index (χ1v) is 5.71. The van der Waals surface area contributed by atoms with Gasteiger partial charge in [0, 0.05) is 6.08 Å². The van der Waals surface area contributed by atoms with E-state index in [-0.39, 0.29) is 5.97 Å². The van der Waals surface area contributed by atoms with Crippen molar-refractivity contribution in [2.45, 2.75) is 19.3 Å². The molecule has 2 unspecified atom stereocenters.